The van der Waals surface area contributed by atoms with Crippen molar-refractivity contribution < 1.29 is 4.79 Å². The molecular formula is C17H20N2O. The van der Waals surface area contributed by atoms with E-state index in [4.69, 9.17) is 0 Å². The van der Waals surface area contributed by atoms with Crippen molar-refractivity contribution in [3.63, 3.8) is 0 Å². The van der Waals surface area contributed by atoms with Gasteiger partial charge in [-0.2, -0.15) is 0 Å². The third kappa shape index (κ3) is 3.60. The van der Waals surface area contributed by atoms with Crippen LogP contribution in [-0.2, 0) is 0 Å². The van der Waals surface area contributed by atoms with Gasteiger partial charge in [0.05, 0.1) is 5.56 Å². The molecule has 2 rings (SSSR count). The van der Waals surface area contributed by atoms with E-state index in [9.17, 15) is 4.79 Å². The molecule has 104 valence electrons. The van der Waals surface area contributed by atoms with E-state index >= 15 is 0 Å². The number of amides is 1. The lowest BCUT2D eigenvalue weighted by Gasteiger charge is -2.14. The van der Waals surface area contributed by atoms with Gasteiger partial charge >= 0.3 is 0 Å². The van der Waals surface area contributed by atoms with Crippen LogP contribution in [0.1, 0.15) is 29.8 Å². The molecular weight excluding hydrogens is 248 g/mol. The third-order valence-electron chi connectivity index (χ3n) is 2.89. The van der Waals surface area contributed by atoms with Crippen molar-refractivity contribution in [3.8, 4) is 0 Å². The summed E-state index contributed by atoms with van der Waals surface area (Å²) in [5.41, 5.74) is 3.45. The first-order valence-corrected chi connectivity index (χ1v) is 6.80. The maximum Gasteiger partial charge on any atom is 0.257 e. The first kappa shape index (κ1) is 14.1. The van der Waals surface area contributed by atoms with Crippen molar-refractivity contribution >= 4 is 17.3 Å². The smallest absolute Gasteiger partial charge is 0.257 e. The summed E-state index contributed by atoms with van der Waals surface area (Å²) in [7, 11) is 0. The van der Waals surface area contributed by atoms with Gasteiger partial charge in [0.2, 0.25) is 0 Å². The zero-order valence-corrected chi connectivity index (χ0v) is 12.1. The first-order chi connectivity index (χ1) is 9.56. The summed E-state index contributed by atoms with van der Waals surface area (Å²) in [4.78, 5) is 12.4. The van der Waals surface area contributed by atoms with E-state index in [1.807, 2.05) is 55.5 Å². The highest BCUT2D eigenvalue weighted by molar-refractivity contribution is 6.08. The van der Waals surface area contributed by atoms with Crippen molar-refractivity contribution in [1.82, 2.24) is 0 Å². The number of aryl methyl sites for hydroxylation is 1. The number of rotatable bonds is 4. The number of carbonyl (C=O) groups excluding carboxylic acids is 1. The SMILES string of the molecule is Cc1cccc(NC(=O)c2ccccc2NC(C)C)c1. The van der Waals surface area contributed by atoms with Crippen LogP contribution in [0.2, 0.25) is 0 Å². The quantitative estimate of drug-likeness (QED) is 0.877. The maximum atomic E-state index is 12.4. The monoisotopic (exact) mass is 268 g/mol. The minimum Gasteiger partial charge on any atom is -0.382 e. The predicted molar refractivity (Wildman–Crippen MR) is 84.3 cm³/mol. The van der Waals surface area contributed by atoms with Crippen LogP contribution < -0.4 is 10.6 Å². The highest BCUT2D eigenvalue weighted by Crippen LogP contribution is 2.18. The van der Waals surface area contributed by atoms with Gasteiger partial charge < -0.3 is 10.6 Å². The summed E-state index contributed by atoms with van der Waals surface area (Å²) in [6, 6.07) is 15.6. The van der Waals surface area contributed by atoms with Crippen LogP contribution in [0.5, 0.6) is 0 Å². The van der Waals surface area contributed by atoms with Gasteiger partial charge in [0.15, 0.2) is 0 Å². The van der Waals surface area contributed by atoms with Crippen molar-refractivity contribution in [2.75, 3.05) is 10.6 Å². The second-order valence-corrected chi connectivity index (χ2v) is 5.17. The van der Waals surface area contributed by atoms with Crippen molar-refractivity contribution in [2.45, 2.75) is 26.8 Å². The molecule has 0 aliphatic heterocycles. The fourth-order valence-electron chi connectivity index (χ4n) is 2.04. The molecule has 1 amide bonds. The zero-order valence-electron chi connectivity index (χ0n) is 12.1. The van der Waals surface area contributed by atoms with Crippen LogP contribution in [0.25, 0.3) is 0 Å². The molecule has 0 spiro atoms. The number of hydrogen-bond donors (Lipinski definition) is 2. The molecule has 3 heteroatoms. The number of anilines is 2. The molecule has 0 heterocycles. The van der Waals surface area contributed by atoms with E-state index in [-0.39, 0.29) is 11.9 Å². The lowest BCUT2D eigenvalue weighted by molar-refractivity contribution is 0.102. The highest BCUT2D eigenvalue weighted by atomic mass is 16.1. The summed E-state index contributed by atoms with van der Waals surface area (Å²) >= 11 is 0. The molecule has 3 nitrogen and oxygen atoms in total. The van der Waals surface area contributed by atoms with E-state index < -0.39 is 0 Å². The summed E-state index contributed by atoms with van der Waals surface area (Å²) in [5.74, 6) is -0.0978. The molecule has 0 aromatic heterocycles. The summed E-state index contributed by atoms with van der Waals surface area (Å²) in [6.07, 6.45) is 0. The molecule has 0 unspecified atom stereocenters. The first-order valence-electron chi connectivity index (χ1n) is 6.80. The minimum atomic E-state index is -0.0978. The van der Waals surface area contributed by atoms with Gasteiger partial charge in [-0.3, -0.25) is 4.79 Å². The van der Waals surface area contributed by atoms with Gasteiger partial charge in [0.1, 0.15) is 0 Å². The summed E-state index contributed by atoms with van der Waals surface area (Å²) in [5, 5.41) is 6.22. The van der Waals surface area contributed by atoms with Crippen LogP contribution in [0.15, 0.2) is 48.5 Å². The Morgan fingerprint density at radius 3 is 2.50 bits per heavy atom. The van der Waals surface area contributed by atoms with Crippen molar-refractivity contribution in [1.29, 1.82) is 0 Å². The number of nitrogens with one attached hydrogen (secondary N) is 2. The molecule has 0 bridgehead atoms. The van der Waals surface area contributed by atoms with E-state index in [2.05, 4.69) is 24.5 Å². The van der Waals surface area contributed by atoms with Crippen LogP contribution in [0.4, 0.5) is 11.4 Å². The molecule has 20 heavy (non-hydrogen) atoms. The fourth-order valence-corrected chi connectivity index (χ4v) is 2.04. The number of para-hydroxylation sites is 1. The average Bonchev–Trinajstić information content (AvgIpc) is 2.38. The molecule has 0 radical (unpaired) electrons. The van der Waals surface area contributed by atoms with E-state index in [0.717, 1.165) is 16.9 Å². The van der Waals surface area contributed by atoms with Gasteiger partial charge in [0, 0.05) is 17.4 Å². The average molecular weight is 268 g/mol. The van der Waals surface area contributed by atoms with E-state index in [1.165, 1.54) is 0 Å². The fraction of sp³-hybridized carbons (Fsp3) is 0.235. The number of hydrogen-bond acceptors (Lipinski definition) is 2. The normalized spacial score (nSPS) is 10.4. The highest BCUT2D eigenvalue weighted by Gasteiger charge is 2.11. The molecule has 2 N–H and O–H groups in total. The Morgan fingerprint density at radius 1 is 1.05 bits per heavy atom. The second-order valence-electron chi connectivity index (χ2n) is 5.17. The van der Waals surface area contributed by atoms with E-state index in [1.54, 1.807) is 0 Å². The van der Waals surface area contributed by atoms with Crippen LogP contribution >= 0.6 is 0 Å². The van der Waals surface area contributed by atoms with Crippen LogP contribution in [0.3, 0.4) is 0 Å². The second kappa shape index (κ2) is 6.24. The lowest BCUT2D eigenvalue weighted by atomic mass is 10.1. The van der Waals surface area contributed by atoms with E-state index in [0.29, 0.717) is 5.56 Å². The minimum absolute atomic E-state index is 0.0978. The predicted octanol–water partition coefficient (Wildman–Crippen LogP) is 4.07. The third-order valence-corrected chi connectivity index (χ3v) is 2.89. The molecule has 2 aromatic carbocycles. The van der Waals surface area contributed by atoms with Crippen LogP contribution in [-0.4, -0.2) is 11.9 Å². The van der Waals surface area contributed by atoms with Crippen molar-refractivity contribution in [3.05, 3.63) is 59.7 Å². The van der Waals surface area contributed by atoms with Gasteiger partial charge in [-0.1, -0.05) is 24.3 Å². The molecule has 0 aliphatic rings. The number of benzene rings is 2. The van der Waals surface area contributed by atoms with Gasteiger partial charge in [-0.05, 0) is 50.6 Å². The molecule has 0 aliphatic carbocycles. The lowest BCUT2D eigenvalue weighted by Crippen LogP contribution is -2.17. The Hall–Kier alpha value is -2.29. The maximum absolute atomic E-state index is 12.4. The Labute approximate surface area is 120 Å². The Kier molecular flexibility index (Phi) is 4.41. The Bertz CT molecular complexity index is 605. The molecule has 0 atom stereocenters. The summed E-state index contributed by atoms with van der Waals surface area (Å²) < 4.78 is 0. The van der Waals surface area contributed by atoms with Crippen LogP contribution in [0, 0.1) is 6.92 Å². The van der Waals surface area contributed by atoms with Crippen molar-refractivity contribution in [2.24, 2.45) is 0 Å². The number of carbonyl (C=O) groups is 1. The Morgan fingerprint density at radius 2 is 1.80 bits per heavy atom. The molecule has 0 fully saturated rings. The molecule has 0 saturated heterocycles. The van der Waals surface area contributed by atoms with Gasteiger partial charge in [0.25, 0.3) is 5.91 Å². The van der Waals surface area contributed by atoms with Gasteiger partial charge in [-0.25, -0.2) is 0 Å². The summed E-state index contributed by atoms with van der Waals surface area (Å²) in [6.45, 7) is 6.11. The topological polar surface area (TPSA) is 41.1 Å². The largest absolute Gasteiger partial charge is 0.382 e. The Balaban J connectivity index is 2.21. The van der Waals surface area contributed by atoms with Gasteiger partial charge in [-0.15, -0.1) is 0 Å². The molecule has 0 saturated carbocycles. The zero-order chi connectivity index (χ0) is 14.5. The standard InChI is InChI=1S/C17H20N2O/c1-12(2)18-16-10-5-4-9-15(16)17(20)19-14-8-6-7-13(3)11-14/h4-12,18H,1-3H3,(H,19,20). The molecule has 2 aromatic rings.